The van der Waals surface area contributed by atoms with Crippen LogP contribution in [0.1, 0.15) is 22.8 Å². The second kappa shape index (κ2) is 4.45. The van der Waals surface area contributed by atoms with Gasteiger partial charge in [-0.15, -0.1) is 0 Å². The van der Waals surface area contributed by atoms with Crippen LogP contribution >= 0.6 is 31.9 Å². The SMILES string of the molecule is Cc1cc(Br)cc(C(=O)[C@@H](C)Br)c1O. The Morgan fingerprint density at radius 1 is 1.50 bits per heavy atom. The molecule has 0 spiro atoms. The molecule has 0 aromatic heterocycles. The highest BCUT2D eigenvalue weighted by atomic mass is 79.9. The number of phenolic OH excluding ortho intramolecular Hbond substituents is 1. The number of hydrogen-bond donors (Lipinski definition) is 1. The molecular formula is C10H10Br2O2. The summed E-state index contributed by atoms with van der Waals surface area (Å²) in [7, 11) is 0. The van der Waals surface area contributed by atoms with Gasteiger partial charge in [-0.1, -0.05) is 31.9 Å². The molecule has 14 heavy (non-hydrogen) atoms. The summed E-state index contributed by atoms with van der Waals surface area (Å²) < 4.78 is 0.796. The Hall–Kier alpha value is -0.350. The number of ketones is 1. The standard InChI is InChI=1S/C10H10Br2O2/c1-5-3-7(12)4-8(9(5)13)10(14)6(2)11/h3-4,6,13H,1-2H3/t6-/m1/s1. The fourth-order valence-electron chi connectivity index (χ4n) is 1.14. The number of rotatable bonds is 2. The van der Waals surface area contributed by atoms with Gasteiger partial charge in [0.2, 0.25) is 0 Å². The quantitative estimate of drug-likeness (QED) is 0.669. The zero-order valence-corrected chi connectivity index (χ0v) is 11.0. The number of phenols is 1. The first kappa shape index (κ1) is 11.7. The van der Waals surface area contributed by atoms with E-state index < -0.39 is 0 Å². The Morgan fingerprint density at radius 3 is 2.57 bits per heavy atom. The average Bonchev–Trinajstić information content (AvgIpc) is 2.09. The van der Waals surface area contributed by atoms with Crippen LogP contribution in [0.25, 0.3) is 0 Å². The van der Waals surface area contributed by atoms with Gasteiger partial charge in [-0.2, -0.15) is 0 Å². The van der Waals surface area contributed by atoms with Gasteiger partial charge in [-0.05, 0) is 31.5 Å². The van der Waals surface area contributed by atoms with Gasteiger partial charge >= 0.3 is 0 Å². The Balaban J connectivity index is 3.27. The molecule has 1 aromatic carbocycles. The van der Waals surface area contributed by atoms with Crippen molar-refractivity contribution < 1.29 is 9.90 Å². The molecule has 0 bridgehead atoms. The van der Waals surface area contributed by atoms with E-state index in [0.717, 1.165) is 4.47 Å². The number of aryl methyl sites for hydroxylation is 1. The number of aromatic hydroxyl groups is 1. The van der Waals surface area contributed by atoms with E-state index >= 15 is 0 Å². The molecule has 0 saturated heterocycles. The van der Waals surface area contributed by atoms with Gasteiger partial charge in [0.25, 0.3) is 0 Å². The summed E-state index contributed by atoms with van der Waals surface area (Å²) in [5.41, 5.74) is 1.04. The molecule has 0 amide bonds. The summed E-state index contributed by atoms with van der Waals surface area (Å²) in [4.78, 5) is 11.4. The van der Waals surface area contributed by atoms with Crippen molar-refractivity contribution >= 4 is 37.6 Å². The van der Waals surface area contributed by atoms with Gasteiger partial charge in [0.1, 0.15) is 5.75 Å². The van der Waals surface area contributed by atoms with Crippen LogP contribution in [0.3, 0.4) is 0 Å². The van der Waals surface area contributed by atoms with Crippen molar-refractivity contribution in [1.82, 2.24) is 0 Å². The predicted octanol–water partition coefficient (Wildman–Crippen LogP) is 3.43. The smallest absolute Gasteiger partial charge is 0.179 e. The third-order valence-corrected chi connectivity index (χ3v) is 2.77. The van der Waals surface area contributed by atoms with E-state index in [1.807, 2.05) is 0 Å². The molecule has 0 fully saturated rings. The first-order valence-electron chi connectivity index (χ1n) is 4.11. The molecular weight excluding hydrogens is 312 g/mol. The predicted molar refractivity (Wildman–Crippen MR) is 63.3 cm³/mol. The van der Waals surface area contributed by atoms with Crippen LogP contribution in [0.5, 0.6) is 5.75 Å². The summed E-state index contributed by atoms with van der Waals surface area (Å²) in [6.07, 6.45) is 0. The molecule has 1 aromatic rings. The van der Waals surface area contributed by atoms with E-state index in [2.05, 4.69) is 31.9 Å². The number of benzene rings is 1. The van der Waals surface area contributed by atoms with Crippen molar-refractivity contribution in [2.24, 2.45) is 0 Å². The highest BCUT2D eigenvalue weighted by Gasteiger charge is 2.17. The molecule has 0 aliphatic carbocycles. The monoisotopic (exact) mass is 320 g/mol. The molecule has 0 radical (unpaired) electrons. The fraction of sp³-hybridized carbons (Fsp3) is 0.300. The second-order valence-corrected chi connectivity index (χ2v) is 5.39. The Morgan fingerprint density at radius 2 is 2.07 bits per heavy atom. The zero-order chi connectivity index (χ0) is 10.9. The highest BCUT2D eigenvalue weighted by Crippen LogP contribution is 2.28. The Bertz CT molecular complexity index is 373. The van der Waals surface area contributed by atoms with Crippen LogP contribution in [0, 0.1) is 6.92 Å². The summed E-state index contributed by atoms with van der Waals surface area (Å²) in [6.45, 7) is 3.49. The van der Waals surface area contributed by atoms with Crippen LogP contribution in [-0.4, -0.2) is 15.7 Å². The molecule has 0 aliphatic rings. The first-order chi connectivity index (χ1) is 6.43. The van der Waals surface area contributed by atoms with E-state index in [9.17, 15) is 9.90 Å². The van der Waals surface area contributed by atoms with E-state index in [1.54, 1.807) is 26.0 Å². The van der Waals surface area contributed by atoms with E-state index in [0.29, 0.717) is 11.1 Å². The van der Waals surface area contributed by atoms with E-state index in [4.69, 9.17) is 0 Å². The molecule has 0 heterocycles. The fourth-order valence-corrected chi connectivity index (χ4v) is 1.96. The molecule has 0 saturated carbocycles. The number of carbonyl (C=O) groups excluding carboxylic acids is 1. The lowest BCUT2D eigenvalue weighted by atomic mass is 10.0. The number of hydrogen-bond acceptors (Lipinski definition) is 2. The van der Waals surface area contributed by atoms with Crippen LogP contribution in [0.4, 0.5) is 0 Å². The van der Waals surface area contributed by atoms with E-state index in [1.165, 1.54) is 0 Å². The summed E-state index contributed by atoms with van der Waals surface area (Å²) in [5, 5.41) is 9.68. The lowest BCUT2D eigenvalue weighted by Crippen LogP contribution is -2.10. The molecule has 0 aliphatic heterocycles. The van der Waals surface area contributed by atoms with Gasteiger partial charge in [0.15, 0.2) is 5.78 Å². The van der Waals surface area contributed by atoms with Gasteiger partial charge in [0, 0.05) is 4.47 Å². The molecule has 1 rings (SSSR count). The minimum Gasteiger partial charge on any atom is -0.507 e. The van der Waals surface area contributed by atoms with Crippen molar-refractivity contribution in [3.63, 3.8) is 0 Å². The second-order valence-electron chi connectivity index (χ2n) is 3.10. The van der Waals surface area contributed by atoms with Crippen LogP contribution in [0.2, 0.25) is 0 Å². The van der Waals surface area contributed by atoms with E-state index in [-0.39, 0.29) is 16.4 Å². The third-order valence-electron chi connectivity index (χ3n) is 1.89. The Kier molecular flexibility index (Phi) is 3.72. The topological polar surface area (TPSA) is 37.3 Å². The van der Waals surface area contributed by atoms with Gasteiger partial charge in [-0.3, -0.25) is 4.79 Å². The number of carbonyl (C=O) groups is 1. The number of halogens is 2. The third kappa shape index (κ3) is 2.36. The summed E-state index contributed by atoms with van der Waals surface area (Å²) in [5.74, 6) is -0.0589. The van der Waals surface area contributed by atoms with Gasteiger partial charge in [0.05, 0.1) is 10.4 Å². The van der Waals surface area contributed by atoms with Gasteiger partial charge < -0.3 is 5.11 Å². The number of alkyl halides is 1. The zero-order valence-electron chi connectivity index (χ0n) is 7.84. The molecule has 4 heteroatoms. The van der Waals surface area contributed by atoms with Crippen LogP contribution < -0.4 is 0 Å². The molecule has 1 atom stereocenters. The largest absolute Gasteiger partial charge is 0.507 e. The maximum Gasteiger partial charge on any atom is 0.179 e. The van der Waals surface area contributed by atoms with Gasteiger partial charge in [-0.25, -0.2) is 0 Å². The van der Waals surface area contributed by atoms with Crippen LogP contribution in [0.15, 0.2) is 16.6 Å². The number of Topliss-reactive ketones (excluding diaryl/α,β-unsaturated/α-hetero) is 1. The van der Waals surface area contributed by atoms with Crippen LogP contribution in [-0.2, 0) is 0 Å². The molecule has 76 valence electrons. The molecule has 1 N–H and O–H groups in total. The minimum atomic E-state index is -0.290. The maximum atomic E-state index is 11.6. The minimum absolute atomic E-state index is 0.0597. The average molecular weight is 322 g/mol. The first-order valence-corrected chi connectivity index (χ1v) is 5.81. The Labute approximate surface area is 99.6 Å². The molecule has 0 unspecified atom stereocenters. The summed E-state index contributed by atoms with van der Waals surface area (Å²) in [6, 6.07) is 3.40. The van der Waals surface area contributed by atoms with Crippen molar-refractivity contribution in [2.75, 3.05) is 0 Å². The van der Waals surface area contributed by atoms with Crippen molar-refractivity contribution in [2.45, 2.75) is 18.7 Å². The highest BCUT2D eigenvalue weighted by molar-refractivity contribution is 9.10. The van der Waals surface area contributed by atoms with Crippen molar-refractivity contribution in [1.29, 1.82) is 0 Å². The van der Waals surface area contributed by atoms with Crippen molar-refractivity contribution in [3.8, 4) is 5.75 Å². The maximum absolute atomic E-state index is 11.6. The molecule has 2 nitrogen and oxygen atoms in total. The van der Waals surface area contributed by atoms with Crippen molar-refractivity contribution in [3.05, 3.63) is 27.7 Å². The lowest BCUT2D eigenvalue weighted by Gasteiger charge is -2.08. The normalized spacial score (nSPS) is 12.6. The lowest BCUT2D eigenvalue weighted by molar-refractivity contribution is 0.0993. The summed E-state index contributed by atoms with van der Waals surface area (Å²) >= 11 is 6.47.